The number of nitrogens with zero attached hydrogens (tertiary/aromatic N) is 4. The summed E-state index contributed by atoms with van der Waals surface area (Å²) < 4.78 is 0. The Bertz CT molecular complexity index is 1830. The third-order valence-corrected chi connectivity index (χ3v) is 13.6. The van der Waals surface area contributed by atoms with Crippen molar-refractivity contribution in [3.63, 3.8) is 0 Å². The van der Waals surface area contributed by atoms with Crippen LogP contribution >= 0.6 is 0 Å². The normalized spacial score (nSPS) is 31.9. The summed E-state index contributed by atoms with van der Waals surface area (Å²) in [6.07, 6.45) is 16.0. The molecule has 4 heteroatoms. The minimum atomic E-state index is 0.242. The number of hydrogen-bond donors (Lipinski definition) is 0. The van der Waals surface area contributed by atoms with Gasteiger partial charge in [0.15, 0.2) is 17.5 Å². The van der Waals surface area contributed by atoms with Crippen LogP contribution < -0.4 is 0 Å². The van der Waals surface area contributed by atoms with Crippen molar-refractivity contribution in [2.24, 2.45) is 35.5 Å². The van der Waals surface area contributed by atoms with Gasteiger partial charge in [-0.15, -0.1) is 0 Å². The molecule has 8 atom stereocenters. The summed E-state index contributed by atoms with van der Waals surface area (Å²) in [6, 6.07) is 28.4. The third-order valence-electron chi connectivity index (χ3n) is 13.6. The van der Waals surface area contributed by atoms with Crippen LogP contribution in [-0.4, -0.2) is 15.0 Å². The summed E-state index contributed by atoms with van der Waals surface area (Å²) in [5.41, 5.74) is 7.13. The van der Waals surface area contributed by atoms with Gasteiger partial charge >= 0.3 is 0 Å². The Morgan fingerprint density at radius 3 is 1.62 bits per heavy atom. The van der Waals surface area contributed by atoms with Crippen molar-refractivity contribution in [2.75, 3.05) is 0 Å². The van der Waals surface area contributed by atoms with E-state index in [4.69, 9.17) is 15.0 Å². The maximum atomic E-state index is 9.45. The van der Waals surface area contributed by atoms with Gasteiger partial charge in [0.1, 0.15) is 0 Å². The van der Waals surface area contributed by atoms with Crippen LogP contribution in [0.15, 0.2) is 72.8 Å². The third kappa shape index (κ3) is 6.31. The molecule has 8 rings (SSSR count). The monoisotopic (exact) mass is 662 g/mol. The second kappa shape index (κ2) is 13.4. The zero-order valence-corrected chi connectivity index (χ0v) is 30.7. The highest BCUT2D eigenvalue weighted by molar-refractivity contribution is 5.67. The molecule has 0 spiro atoms. The molecular weight excluding hydrogens is 609 g/mol. The van der Waals surface area contributed by atoms with Gasteiger partial charge in [0, 0.05) is 16.7 Å². The molecule has 4 aliphatic rings. The number of fused-ring (bicyclic) bond motifs is 4. The molecule has 0 radical (unpaired) electrons. The first-order valence-electron chi connectivity index (χ1n) is 19.8. The van der Waals surface area contributed by atoms with E-state index in [-0.39, 0.29) is 5.41 Å². The van der Waals surface area contributed by atoms with Crippen LogP contribution in [0.25, 0.3) is 34.2 Å². The lowest BCUT2D eigenvalue weighted by Gasteiger charge is -2.51. The number of benzene rings is 3. The maximum Gasteiger partial charge on any atom is 0.164 e. The largest absolute Gasteiger partial charge is 0.208 e. The second-order valence-electron chi connectivity index (χ2n) is 17.4. The van der Waals surface area contributed by atoms with Gasteiger partial charge in [-0.2, -0.15) is 5.26 Å². The first-order chi connectivity index (χ1) is 24.3. The van der Waals surface area contributed by atoms with E-state index in [0.29, 0.717) is 22.6 Å². The van der Waals surface area contributed by atoms with Gasteiger partial charge in [-0.3, -0.25) is 0 Å². The highest BCUT2D eigenvalue weighted by atomic mass is 15.0. The molecule has 258 valence electrons. The molecule has 3 aromatic carbocycles. The number of nitriles is 1. The summed E-state index contributed by atoms with van der Waals surface area (Å²) >= 11 is 0. The number of hydrogen-bond acceptors (Lipinski definition) is 4. The van der Waals surface area contributed by atoms with Gasteiger partial charge in [-0.05, 0) is 152 Å². The quantitative estimate of drug-likeness (QED) is 0.198. The van der Waals surface area contributed by atoms with Crippen LogP contribution in [0, 0.1) is 46.8 Å². The van der Waals surface area contributed by atoms with Gasteiger partial charge in [-0.1, -0.05) is 83.0 Å². The fourth-order valence-corrected chi connectivity index (χ4v) is 11.7. The van der Waals surface area contributed by atoms with E-state index in [9.17, 15) is 5.26 Å². The average molecular weight is 663 g/mol. The molecule has 4 bridgehead atoms. The predicted molar refractivity (Wildman–Crippen MR) is 203 cm³/mol. The molecule has 50 heavy (non-hydrogen) atoms. The highest BCUT2D eigenvalue weighted by Gasteiger charge is 2.47. The minimum Gasteiger partial charge on any atom is -0.208 e. The van der Waals surface area contributed by atoms with Crippen LogP contribution in [0.4, 0.5) is 0 Å². The van der Waals surface area contributed by atoms with Crippen LogP contribution in [0.5, 0.6) is 0 Å². The molecule has 0 aliphatic heterocycles. The van der Waals surface area contributed by atoms with E-state index in [1.807, 2.05) is 24.3 Å². The van der Waals surface area contributed by atoms with E-state index in [1.54, 1.807) is 0 Å². The molecule has 0 amide bonds. The van der Waals surface area contributed by atoms with Crippen LogP contribution in [0.3, 0.4) is 0 Å². The topological polar surface area (TPSA) is 62.5 Å². The molecule has 4 fully saturated rings. The van der Waals surface area contributed by atoms with Gasteiger partial charge in [0.05, 0.1) is 11.6 Å². The van der Waals surface area contributed by atoms with Crippen LogP contribution in [-0.2, 0) is 10.8 Å². The summed E-state index contributed by atoms with van der Waals surface area (Å²) in [6.45, 7) is 9.70. The minimum absolute atomic E-state index is 0.242. The smallest absolute Gasteiger partial charge is 0.164 e. The lowest BCUT2D eigenvalue weighted by atomic mass is 9.53. The molecule has 0 saturated heterocycles. The lowest BCUT2D eigenvalue weighted by Crippen LogP contribution is -2.43. The molecule has 4 aromatic rings. The van der Waals surface area contributed by atoms with Crippen LogP contribution in [0.1, 0.15) is 121 Å². The summed E-state index contributed by atoms with van der Waals surface area (Å²) in [4.78, 5) is 15.4. The van der Waals surface area contributed by atoms with Crippen molar-refractivity contribution in [2.45, 2.75) is 116 Å². The Morgan fingerprint density at radius 2 is 1.08 bits per heavy atom. The molecule has 2 unspecified atom stereocenters. The molecule has 4 nitrogen and oxygen atoms in total. The van der Waals surface area contributed by atoms with Gasteiger partial charge in [0.25, 0.3) is 0 Å². The Kier molecular flexibility index (Phi) is 8.91. The van der Waals surface area contributed by atoms with Crippen molar-refractivity contribution < 1.29 is 0 Å². The fourth-order valence-electron chi connectivity index (χ4n) is 11.7. The zero-order valence-electron chi connectivity index (χ0n) is 30.7. The van der Waals surface area contributed by atoms with Crippen molar-refractivity contribution in [1.29, 1.82) is 5.26 Å². The second-order valence-corrected chi connectivity index (χ2v) is 17.4. The number of rotatable bonds is 7. The first kappa shape index (κ1) is 33.3. The van der Waals surface area contributed by atoms with Crippen molar-refractivity contribution in [3.8, 4) is 40.2 Å². The van der Waals surface area contributed by atoms with Crippen LogP contribution in [0.2, 0.25) is 0 Å². The Balaban J connectivity index is 1.19. The maximum absolute atomic E-state index is 9.45. The van der Waals surface area contributed by atoms with E-state index in [1.165, 1.54) is 88.2 Å². The highest BCUT2D eigenvalue weighted by Crippen LogP contribution is 2.56. The predicted octanol–water partition coefficient (Wildman–Crippen LogP) is 11.7. The van der Waals surface area contributed by atoms with Crippen molar-refractivity contribution in [1.82, 2.24) is 15.0 Å². The SMILES string of the molecule is CC[C@@H]1C[C@@H]2C[C@H](CC)CC(c3cccc(-c4nc(-c5ccc(C#N)cc5)nc(-c5ccc(C67C[C@H](C)C[C@H](C[C@H](C)C6)C7)cc5)n4)c3)(C2)C1. The molecule has 1 heterocycles. The summed E-state index contributed by atoms with van der Waals surface area (Å²) in [7, 11) is 0. The average Bonchev–Trinajstić information content (AvgIpc) is 3.13. The zero-order chi connectivity index (χ0) is 34.5. The Morgan fingerprint density at radius 1 is 0.580 bits per heavy atom. The van der Waals surface area contributed by atoms with E-state index in [0.717, 1.165) is 58.0 Å². The van der Waals surface area contributed by atoms with Gasteiger partial charge in [0.2, 0.25) is 0 Å². The van der Waals surface area contributed by atoms with Crippen molar-refractivity contribution in [3.05, 3.63) is 89.5 Å². The lowest BCUT2D eigenvalue weighted by molar-refractivity contribution is 0.0629. The van der Waals surface area contributed by atoms with E-state index in [2.05, 4.69) is 82.3 Å². The van der Waals surface area contributed by atoms with Gasteiger partial charge in [-0.25, -0.2) is 15.0 Å². The molecule has 4 saturated carbocycles. The Hall–Kier alpha value is -3.84. The molecular formula is C46H54N4. The standard InChI is InChI=1S/C46H54N4/c1-5-32-20-36-21-33(6-2)26-46(25-32,28-36)41-9-7-8-39(22-41)44-49-42(37-12-10-34(29-47)11-13-37)48-43(50-44)38-14-16-40(17-15-38)45-23-30(3)18-35(27-45)19-31(4)24-45/h7-17,22,30-33,35-36H,5-6,18-21,23-28H2,1-4H3/t30-,31+,32-,33+,35-,36-,45?,46?. The van der Waals surface area contributed by atoms with Crippen molar-refractivity contribution >= 4 is 0 Å². The summed E-state index contributed by atoms with van der Waals surface area (Å²) in [5.74, 6) is 6.96. The molecule has 4 aliphatic carbocycles. The summed E-state index contributed by atoms with van der Waals surface area (Å²) in [5, 5.41) is 9.45. The molecule has 1 aromatic heterocycles. The fraction of sp³-hybridized carbons (Fsp3) is 0.522. The van der Waals surface area contributed by atoms with Gasteiger partial charge < -0.3 is 0 Å². The van der Waals surface area contributed by atoms with E-state index >= 15 is 0 Å². The molecule has 0 N–H and O–H groups in total. The number of aromatic nitrogens is 3. The first-order valence-corrected chi connectivity index (χ1v) is 19.8. The Labute approximate surface area is 300 Å². The van der Waals surface area contributed by atoms with E-state index < -0.39 is 0 Å².